The SMILES string of the molecule is Cc1ccc(OCCC(=O)Nc2ncn(Cc3ccc(Br)cc3)n2)cc1C. The van der Waals surface area contributed by atoms with E-state index in [0.717, 1.165) is 21.3 Å². The number of amides is 1. The molecule has 1 N–H and O–H groups in total. The fourth-order valence-electron chi connectivity index (χ4n) is 2.46. The van der Waals surface area contributed by atoms with Crippen LogP contribution in [-0.4, -0.2) is 27.3 Å². The Morgan fingerprint density at radius 3 is 2.67 bits per heavy atom. The second kappa shape index (κ2) is 8.81. The number of nitrogens with one attached hydrogen (secondary N) is 1. The summed E-state index contributed by atoms with van der Waals surface area (Å²) in [5, 5.41) is 6.97. The molecule has 2 aromatic carbocycles. The first-order chi connectivity index (χ1) is 13.0. The molecular formula is C20H21BrN4O2. The minimum atomic E-state index is -0.180. The first kappa shape index (κ1) is 19.1. The fourth-order valence-corrected chi connectivity index (χ4v) is 2.72. The van der Waals surface area contributed by atoms with Crippen LogP contribution in [-0.2, 0) is 11.3 Å². The third kappa shape index (κ3) is 5.65. The summed E-state index contributed by atoms with van der Waals surface area (Å²) in [6, 6.07) is 13.9. The Balaban J connectivity index is 1.46. The molecule has 0 fully saturated rings. The highest BCUT2D eigenvalue weighted by Gasteiger charge is 2.08. The topological polar surface area (TPSA) is 69.0 Å². The maximum Gasteiger partial charge on any atom is 0.248 e. The van der Waals surface area contributed by atoms with Crippen LogP contribution in [0.25, 0.3) is 0 Å². The average molecular weight is 429 g/mol. The van der Waals surface area contributed by atoms with Gasteiger partial charge in [-0.2, -0.15) is 0 Å². The maximum absolute atomic E-state index is 12.0. The van der Waals surface area contributed by atoms with Crippen LogP contribution in [0.15, 0.2) is 53.3 Å². The Morgan fingerprint density at radius 1 is 1.15 bits per heavy atom. The number of nitrogens with zero attached hydrogens (tertiary/aromatic N) is 3. The van der Waals surface area contributed by atoms with Crippen molar-refractivity contribution >= 4 is 27.8 Å². The molecule has 1 heterocycles. The monoisotopic (exact) mass is 428 g/mol. The molecule has 0 aliphatic heterocycles. The summed E-state index contributed by atoms with van der Waals surface area (Å²) in [6.07, 6.45) is 1.83. The standard InChI is InChI=1S/C20H21BrN4O2/c1-14-3-8-18(11-15(14)2)27-10-9-19(26)23-20-22-13-25(24-20)12-16-4-6-17(21)7-5-16/h3-8,11,13H,9-10,12H2,1-2H3,(H,23,24,26). The first-order valence-electron chi connectivity index (χ1n) is 8.63. The Hall–Kier alpha value is -2.67. The third-order valence-electron chi connectivity index (χ3n) is 4.12. The molecule has 0 unspecified atom stereocenters. The van der Waals surface area contributed by atoms with Crippen LogP contribution in [0.4, 0.5) is 5.95 Å². The third-order valence-corrected chi connectivity index (χ3v) is 4.65. The van der Waals surface area contributed by atoms with E-state index in [0.29, 0.717) is 19.1 Å². The normalized spacial score (nSPS) is 10.6. The summed E-state index contributed by atoms with van der Waals surface area (Å²) >= 11 is 3.41. The van der Waals surface area contributed by atoms with Gasteiger partial charge in [0.25, 0.3) is 0 Å². The number of hydrogen-bond donors (Lipinski definition) is 1. The van der Waals surface area contributed by atoms with Crippen LogP contribution >= 0.6 is 15.9 Å². The summed E-state index contributed by atoms with van der Waals surface area (Å²) in [5.41, 5.74) is 3.48. The molecule has 0 atom stereocenters. The van der Waals surface area contributed by atoms with Gasteiger partial charge in [-0.3, -0.25) is 10.1 Å². The van der Waals surface area contributed by atoms with E-state index in [9.17, 15) is 4.79 Å². The predicted octanol–water partition coefficient (Wildman–Crippen LogP) is 4.11. The van der Waals surface area contributed by atoms with Crippen molar-refractivity contribution in [2.75, 3.05) is 11.9 Å². The predicted molar refractivity (Wildman–Crippen MR) is 108 cm³/mol. The van der Waals surface area contributed by atoms with Crippen molar-refractivity contribution in [3.63, 3.8) is 0 Å². The molecule has 0 aliphatic rings. The van der Waals surface area contributed by atoms with E-state index >= 15 is 0 Å². The largest absolute Gasteiger partial charge is 0.493 e. The number of ether oxygens (including phenoxy) is 1. The molecule has 1 aromatic heterocycles. The summed E-state index contributed by atoms with van der Waals surface area (Å²) in [4.78, 5) is 16.2. The fraction of sp³-hybridized carbons (Fsp3) is 0.250. The summed E-state index contributed by atoms with van der Waals surface area (Å²) < 4.78 is 8.35. The first-order valence-corrected chi connectivity index (χ1v) is 9.43. The van der Waals surface area contributed by atoms with Crippen molar-refractivity contribution in [1.82, 2.24) is 14.8 Å². The van der Waals surface area contributed by atoms with Gasteiger partial charge in [0.1, 0.15) is 12.1 Å². The van der Waals surface area contributed by atoms with Crippen molar-refractivity contribution in [3.8, 4) is 5.75 Å². The Morgan fingerprint density at radius 2 is 1.93 bits per heavy atom. The Bertz CT molecular complexity index is 922. The molecule has 1 amide bonds. The number of rotatable bonds is 7. The summed E-state index contributed by atoms with van der Waals surface area (Å²) in [6.45, 7) is 4.97. The molecule has 0 aliphatic carbocycles. The molecule has 140 valence electrons. The maximum atomic E-state index is 12.0. The number of aryl methyl sites for hydroxylation is 2. The summed E-state index contributed by atoms with van der Waals surface area (Å²) in [5.74, 6) is 0.881. The number of aromatic nitrogens is 3. The molecule has 6 nitrogen and oxygen atoms in total. The van der Waals surface area contributed by atoms with E-state index in [1.165, 1.54) is 5.56 Å². The number of hydrogen-bond acceptors (Lipinski definition) is 4. The van der Waals surface area contributed by atoms with Gasteiger partial charge in [0.05, 0.1) is 19.6 Å². The van der Waals surface area contributed by atoms with E-state index in [4.69, 9.17) is 4.74 Å². The van der Waals surface area contributed by atoms with Crippen LogP contribution in [0.5, 0.6) is 5.75 Å². The van der Waals surface area contributed by atoms with Crippen LogP contribution in [0.1, 0.15) is 23.1 Å². The zero-order chi connectivity index (χ0) is 19.2. The van der Waals surface area contributed by atoms with Crippen LogP contribution in [0.3, 0.4) is 0 Å². The van der Waals surface area contributed by atoms with Gasteiger partial charge in [0.15, 0.2) is 0 Å². The van der Waals surface area contributed by atoms with Gasteiger partial charge in [-0.25, -0.2) is 9.67 Å². The van der Waals surface area contributed by atoms with Crippen molar-refractivity contribution < 1.29 is 9.53 Å². The van der Waals surface area contributed by atoms with Crippen molar-refractivity contribution in [2.24, 2.45) is 0 Å². The molecule has 0 saturated carbocycles. The highest BCUT2D eigenvalue weighted by molar-refractivity contribution is 9.10. The minimum Gasteiger partial charge on any atom is -0.493 e. The lowest BCUT2D eigenvalue weighted by Gasteiger charge is -2.08. The average Bonchev–Trinajstić information content (AvgIpc) is 3.07. The lowest BCUT2D eigenvalue weighted by atomic mass is 10.1. The smallest absolute Gasteiger partial charge is 0.248 e. The number of carbonyl (C=O) groups is 1. The minimum absolute atomic E-state index is 0.180. The molecule has 0 radical (unpaired) electrons. The van der Waals surface area contributed by atoms with Gasteiger partial charge in [-0.05, 0) is 54.8 Å². The molecule has 27 heavy (non-hydrogen) atoms. The van der Waals surface area contributed by atoms with Gasteiger partial charge in [0, 0.05) is 4.47 Å². The number of halogens is 1. The van der Waals surface area contributed by atoms with Gasteiger partial charge in [0.2, 0.25) is 11.9 Å². The molecule has 0 saturated heterocycles. The Labute approximate surface area is 166 Å². The Kier molecular flexibility index (Phi) is 6.24. The molecule has 3 rings (SSSR count). The summed E-state index contributed by atoms with van der Waals surface area (Å²) in [7, 11) is 0. The highest BCUT2D eigenvalue weighted by Crippen LogP contribution is 2.16. The zero-order valence-corrected chi connectivity index (χ0v) is 16.9. The molecular weight excluding hydrogens is 408 g/mol. The number of anilines is 1. The van der Waals surface area contributed by atoms with Crippen molar-refractivity contribution in [1.29, 1.82) is 0 Å². The number of benzene rings is 2. The molecule has 7 heteroatoms. The molecule has 0 spiro atoms. The van der Waals surface area contributed by atoms with E-state index < -0.39 is 0 Å². The van der Waals surface area contributed by atoms with E-state index in [1.807, 2.05) is 49.4 Å². The second-order valence-corrected chi connectivity index (χ2v) is 7.20. The molecule has 3 aromatic rings. The number of carbonyl (C=O) groups excluding carboxylic acids is 1. The molecule has 0 bridgehead atoms. The van der Waals surface area contributed by atoms with E-state index in [-0.39, 0.29) is 12.3 Å². The zero-order valence-electron chi connectivity index (χ0n) is 15.3. The quantitative estimate of drug-likeness (QED) is 0.614. The lowest BCUT2D eigenvalue weighted by Crippen LogP contribution is -2.16. The second-order valence-electron chi connectivity index (χ2n) is 6.28. The highest BCUT2D eigenvalue weighted by atomic mass is 79.9. The van der Waals surface area contributed by atoms with Crippen LogP contribution in [0, 0.1) is 13.8 Å². The van der Waals surface area contributed by atoms with Crippen molar-refractivity contribution in [2.45, 2.75) is 26.8 Å². The van der Waals surface area contributed by atoms with Gasteiger partial charge in [-0.15, -0.1) is 5.10 Å². The van der Waals surface area contributed by atoms with Crippen LogP contribution < -0.4 is 10.1 Å². The van der Waals surface area contributed by atoms with Gasteiger partial charge < -0.3 is 4.74 Å². The van der Waals surface area contributed by atoms with Gasteiger partial charge in [-0.1, -0.05) is 34.1 Å². The van der Waals surface area contributed by atoms with E-state index in [2.05, 4.69) is 38.3 Å². The van der Waals surface area contributed by atoms with E-state index in [1.54, 1.807) is 11.0 Å². The lowest BCUT2D eigenvalue weighted by molar-refractivity contribution is -0.116. The van der Waals surface area contributed by atoms with Crippen molar-refractivity contribution in [3.05, 3.63) is 70.0 Å². The van der Waals surface area contributed by atoms with Gasteiger partial charge >= 0.3 is 0 Å². The van der Waals surface area contributed by atoms with Crippen LogP contribution in [0.2, 0.25) is 0 Å².